The van der Waals surface area contributed by atoms with Gasteiger partial charge in [-0.15, -0.1) is 0 Å². The Morgan fingerprint density at radius 1 is 1.40 bits per heavy atom. The molecule has 1 aromatic rings. The highest BCUT2D eigenvalue weighted by atomic mass is 35.5. The SMILES string of the molecule is NC1(CC(=O)c2ccccc2Cl)CCC1. The molecule has 2 rings (SSSR count). The second-order valence-corrected chi connectivity index (χ2v) is 4.70. The van der Waals surface area contributed by atoms with Crippen LogP contribution in [0.15, 0.2) is 24.3 Å². The Hall–Kier alpha value is -0.860. The predicted molar refractivity (Wildman–Crippen MR) is 61.2 cm³/mol. The van der Waals surface area contributed by atoms with Crippen LogP contribution in [0.2, 0.25) is 5.02 Å². The number of benzene rings is 1. The molecule has 0 aliphatic heterocycles. The molecule has 0 bridgehead atoms. The van der Waals surface area contributed by atoms with Gasteiger partial charge in [0, 0.05) is 17.5 Å². The molecular weight excluding hydrogens is 210 g/mol. The van der Waals surface area contributed by atoms with Crippen molar-refractivity contribution in [1.29, 1.82) is 0 Å². The fourth-order valence-electron chi connectivity index (χ4n) is 1.91. The van der Waals surface area contributed by atoms with E-state index in [1.165, 1.54) is 0 Å². The van der Waals surface area contributed by atoms with Crippen LogP contribution in [0.3, 0.4) is 0 Å². The van der Waals surface area contributed by atoms with E-state index in [-0.39, 0.29) is 11.3 Å². The highest BCUT2D eigenvalue weighted by Gasteiger charge is 2.35. The molecule has 2 N–H and O–H groups in total. The lowest BCUT2D eigenvalue weighted by atomic mass is 9.74. The summed E-state index contributed by atoms with van der Waals surface area (Å²) in [5, 5.41) is 0.519. The molecule has 0 heterocycles. The molecule has 0 spiro atoms. The number of halogens is 1. The van der Waals surface area contributed by atoms with Crippen LogP contribution in [-0.2, 0) is 0 Å². The van der Waals surface area contributed by atoms with Crippen LogP contribution in [0.5, 0.6) is 0 Å². The van der Waals surface area contributed by atoms with Crippen LogP contribution in [0.4, 0.5) is 0 Å². The van der Waals surface area contributed by atoms with Gasteiger partial charge in [-0.2, -0.15) is 0 Å². The smallest absolute Gasteiger partial charge is 0.166 e. The first-order valence-electron chi connectivity index (χ1n) is 5.17. The lowest BCUT2D eigenvalue weighted by Crippen LogP contribution is -2.48. The highest BCUT2D eigenvalue weighted by Crippen LogP contribution is 2.33. The molecule has 1 aliphatic rings. The molecule has 0 unspecified atom stereocenters. The first-order valence-corrected chi connectivity index (χ1v) is 5.55. The van der Waals surface area contributed by atoms with Crippen molar-refractivity contribution in [3.05, 3.63) is 34.9 Å². The topological polar surface area (TPSA) is 43.1 Å². The molecule has 1 aliphatic carbocycles. The zero-order valence-electron chi connectivity index (χ0n) is 8.50. The molecule has 1 saturated carbocycles. The molecule has 0 atom stereocenters. The normalized spacial score (nSPS) is 18.3. The number of hydrogen-bond donors (Lipinski definition) is 1. The van der Waals surface area contributed by atoms with Gasteiger partial charge in [0.25, 0.3) is 0 Å². The van der Waals surface area contributed by atoms with E-state index in [1.807, 2.05) is 12.1 Å². The predicted octanol–water partition coefficient (Wildman–Crippen LogP) is 2.79. The summed E-state index contributed by atoms with van der Waals surface area (Å²) < 4.78 is 0. The molecule has 2 nitrogen and oxygen atoms in total. The molecule has 1 aromatic carbocycles. The lowest BCUT2D eigenvalue weighted by molar-refractivity contribution is 0.0912. The Morgan fingerprint density at radius 2 is 2.07 bits per heavy atom. The van der Waals surface area contributed by atoms with Crippen molar-refractivity contribution >= 4 is 17.4 Å². The van der Waals surface area contributed by atoms with Gasteiger partial charge in [-0.05, 0) is 31.4 Å². The van der Waals surface area contributed by atoms with E-state index < -0.39 is 0 Å². The van der Waals surface area contributed by atoms with Crippen molar-refractivity contribution in [2.45, 2.75) is 31.2 Å². The second kappa shape index (κ2) is 3.95. The average molecular weight is 224 g/mol. The minimum Gasteiger partial charge on any atom is -0.325 e. The Morgan fingerprint density at radius 3 is 2.60 bits per heavy atom. The number of ketones is 1. The van der Waals surface area contributed by atoms with Gasteiger partial charge in [0.05, 0.1) is 5.02 Å². The Kier molecular flexibility index (Phi) is 2.81. The molecule has 0 radical (unpaired) electrons. The molecule has 0 aromatic heterocycles. The number of nitrogens with two attached hydrogens (primary N) is 1. The van der Waals surface area contributed by atoms with Crippen LogP contribution >= 0.6 is 11.6 Å². The summed E-state index contributed by atoms with van der Waals surface area (Å²) in [6.45, 7) is 0. The Bertz CT molecular complexity index is 385. The molecule has 15 heavy (non-hydrogen) atoms. The zero-order chi connectivity index (χ0) is 10.9. The van der Waals surface area contributed by atoms with Crippen LogP contribution in [0.25, 0.3) is 0 Å². The van der Waals surface area contributed by atoms with Gasteiger partial charge in [0.1, 0.15) is 0 Å². The van der Waals surface area contributed by atoms with Gasteiger partial charge < -0.3 is 5.73 Å². The summed E-state index contributed by atoms with van der Waals surface area (Å²) in [6.07, 6.45) is 3.44. The summed E-state index contributed by atoms with van der Waals surface area (Å²) in [5.41, 5.74) is 6.35. The largest absolute Gasteiger partial charge is 0.325 e. The lowest BCUT2D eigenvalue weighted by Gasteiger charge is -2.37. The number of carbonyl (C=O) groups excluding carboxylic acids is 1. The summed E-state index contributed by atoms with van der Waals surface area (Å²) in [7, 11) is 0. The van der Waals surface area contributed by atoms with Crippen LogP contribution < -0.4 is 5.73 Å². The van der Waals surface area contributed by atoms with Crippen molar-refractivity contribution < 1.29 is 4.79 Å². The Balaban J connectivity index is 2.11. The molecule has 0 saturated heterocycles. The summed E-state index contributed by atoms with van der Waals surface area (Å²) >= 11 is 5.95. The molecule has 1 fully saturated rings. The van der Waals surface area contributed by atoms with Gasteiger partial charge in [0.2, 0.25) is 0 Å². The van der Waals surface area contributed by atoms with Crippen LogP contribution in [0.1, 0.15) is 36.0 Å². The Labute approximate surface area is 94.4 Å². The van der Waals surface area contributed by atoms with E-state index in [2.05, 4.69) is 0 Å². The van der Waals surface area contributed by atoms with Crippen LogP contribution in [0, 0.1) is 0 Å². The third-order valence-electron chi connectivity index (χ3n) is 3.04. The molecular formula is C12H14ClNO. The van der Waals surface area contributed by atoms with E-state index in [0.717, 1.165) is 19.3 Å². The van der Waals surface area contributed by atoms with Crippen molar-refractivity contribution in [1.82, 2.24) is 0 Å². The van der Waals surface area contributed by atoms with Gasteiger partial charge in [-0.25, -0.2) is 0 Å². The standard InChI is InChI=1S/C12H14ClNO/c13-10-5-2-1-4-9(10)11(15)8-12(14)6-3-7-12/h1-2,4-5H,3,6-8,14H2. The fourth-order valence-corrected chi connectivity index (χ4v) is 2.15. The van der Waals surface area contributed by atoms with Crippen molar-refractivity contribution in [2.75, 3.05) is 0 Å². The third-order valence-corrected chi connectivity index (χ3v) is 3.37. The maximum absolute atomic E-state index is 11.9. The van der Waals surface area contributed by atoms with E-state index >= 15 is 0 Å². The summed E-state index contributed by atoms with van der Waals surface area (Å²) in [6, 6.07) is 7.13. The maximum atomic E-state index is 11.9. The number of rotatable bonds is 3. The van der Waals surface area contributed by atoms with Crippen molar-refractivity contribution in [2.24, 2.45) is 5.73 Å². The van der Waals surface area contributed by atoms with Crippen molar-refractivity contribution in [3.8, 4) is 0 Å². The number of Topliss-reactive ketones (excluding diaryl/α,β-unsaturated/α-hetero) is 1. The van der Waals surface area contributed by atoms with E-state index in [4.69, 9.17) is 17.3 Å². The number of hydrogen-bond acceptors (Lipinski definition) is 2. The minimum absolute atomic E-state index is 0.0581. The summed E-state index contributed by atoms with van der Waals surface area (Å²) in [5.74, 6) is 0.0581. The maximum Gasteiger partial charge on any atom is 0.166 e. The quantitative estimate of drug-likeness (QED) is 0.801. The first-order chi connectivity index (χ1) is 7.11. The average Bonchev–Trinajstić information content (AvgIpc) is 2.16. The third kappa shape index (κ3) is 2.21. The zero-order valence-corrected chi connectivity index (χ0v) is 9.26. The van der Waals surface area contributed by atoms with E-state index in [9.17, 15) is 4.79 Å². The second-order valence-electron chi connectivity index (χ2n) is 4.30. The van der Waals surface area contributed by atoms with E-state index in [1.54, 1.807) is 12.1 Å². The molecule has 3 heteroatoms. The first kappa shape index (κ1) is 10.7. The van der Waals surface area contributed by atoms with Gasteiger partial charge >= 0.3 is 0 Å². The van der Waals surface area contributed by atoms with Gasteiger partial charge in [-0.1, -0.05) is 23.7 Å². The summed E-state index contributed by atoms with van der Waals surface area (Å²) in [4.78, 5) is 11.9. The molecule has 0 amide bonds. The monoisotopic (exact) mass is 223 g/mol. The van der Waals surface area contributed by atoms with Gasteiger partial charge in [-0.3, -0.25) is 4.79 Å². The molecule has 80 valence electrons. The minimum atomic E-state index is -0.268. The highest BCUT2D eigenvalue weighted by molar-refractivity contribution is 6.34. The van der Waals surface area contributed by atoms with Crippen LogP contribution in [-0.4, -0.2) is 11.3 Å². The fraction of sp³-hybridized carbons (Fsp3) is 0.417. The number of carbonyl (C=O) groups is 1. The van der Waals surface area contributed by atoms with E-state index in [0.29, 0.717) is 17.0 Å². The van der Waals surface area contributed by atoms with Gasteiger partial charge in [0.15, 0.2) is 5.78 Å². The van der Waals surface area contributed by atoms with Crippen molar-refractivity contribution in [3.63, 3.8) is 0 Å².